The minimum atomic E-state index is -3.48. The summed E-state index contributed by atoms with van der Waals surface area (Å²) in [6.45, 7) is 6.26. The lowest BCUT2D eigenvalue weighted by Crippen LogP contribution is -2.30. The van der Waals surface area contributed by atoms with Gasteiger partial charge in [-0.1, -0.05) is 13.8 Å². The first-order valence-electron chi connectivity index (χ1n) is 7.22. The second-order valence-electron chi connectivity index (χ2n) is 4.81. The van der Waals surface area contributed by atoms with Crippen LogP contribution < -0.4 is 5.32 Å². The van der Waals surface area contributed by atoms with Crippen molar-refractivity contribution in [1.82, 2.24) is 9.29 Å². The van der Waals surface area contributed by atoms with Gasteiger partial charge in [-0.25, -0.2) is 13.4 Å². The van der Waals surface area contributed by atoms with Gasteiger partial charge in [0, 0.05) is 18.8 Å². The van der Waals surface area contributed by atoms with Crippen LogP contribution in [0.4, 0.5) is 5.69 Å². The fraction of sp³-hybridized carbons (Fsp3) is 0.333. The van der Waals surface area contributed by atoms with Crippen molar-refractivity contribution in [3.8, 4) is 0 Å². The first kappa shape index (κ1) is 17.6. The van der Waals surface area contributed by atoms with E-state index in [4.69, 9.17) is 0 Å². The van der Waals surface area contributed by atoms with Gasteiger partial charge in [-0.15, -0.1) is 11.3 Å². The predicted octanol–water partition coefficient (Wildman–Crippen LogP) is 2.73. The van der Waals surface area contributed by atoms with Crippen molar-refractivity contribution in [3.63, 3.8) is 0 Å². The van der Waals surface area contributed by atoms with Gasteiger partial charge in [0.05, 0.1) is 16.1 Å². The molecule has 0 aliphatic carbocycles. The van der Waals surface area contributed by atoms with Crippen LogP contribution in [-0.4, -0.2) is 36.7 Å². The maximum Gasteiger partial charge on any atom is 0.267 e. The molecule has 2 rings (SSSR count). The van der Waals surface area contributed by atoms with E-state index in [9.17, 15) is 13.2 Å². The molecule has 1 heterocycles. The summed E-state index contributed by atoms with van der Waals surface area (Å²) >= 11 is 1.31. The Morgan fingerprint density at radius 2 is 1.83 bits per heavy atom. The van der Waals surface area contributed by atoms with Crippen LogP contribution >= 0.6 is 11.3 Å². The predicted molar refractivity (Wildman–Crippen MR) is 91.4 cm³/mol. The highest BCUT2D eigenvalue weighted by Gasteiger charge is 2.21. The highest BCUT2D eigenvalue weighted by atomic mass is 32.2. The molecular weight excluding hydrogens is 334 g/mol. The summed E-state index contributed by atoms with van der Waals surface area (Å²) in [5.74, 6) is -0.255. The zero-order chi connectivity index (χ0) is 17.0. The van der Waals surface area contributed by atoms with Crippen LogP contribution in [0.3, 0.4) is 0 Å². The SMILES string of the molecule is CCN(CC)S(=O)(=O)c1ccc(NC(=O)c2cnc(C)s2)cc1. The number of carbonyl (C=O) groups is 1. The van der Waals surface area contributed by atoms with Gasteiger partial charge in [-0.2, -0.15) is 4.31 Å². The summed E-state index contributed by atoms with van der Waals surface area (Å²) in [6, 6.07) is 6.17. The number of aromatic nitrogens is 1. The standard InChI is InChI=1S/C15H19N3O3S2/c1-4-18(5-2)23(20,21)13-8-6-12(7-9-13)17-15(19)14-10-16-11(3)22-14/h6-10H,4-5H2,1-3H3,(H,17,19). The number of anilines is 1. The van der Waals surface area contributed by atoms with Crippen LogP contribution in [0.25, 0.3) is 0 Å². The zero-order valence-electron chi connectivity index (χ0n) is 13.2. The lowest BCUT2D eigenvalue weighted by Gasteiger charge is -2.18. The summed E-state index contributed by atoms with van der Waals surface area (Å²) in [4.78, 5) is 16.8. The molecule has 0 fully saturated rings. The van der Waals surface area contributed by atoms with Crippen LogP contribution in [0.1, 0.15) is 28.5 Å². The lowest BCUT2D eigenvalue weighted by atomic mass is 10.3. The second-order valence-corrected chi connectivity index (χ2v) is 7.98. The number of sulfonamides is 1. The number of aryl methyl sites for hydroxylation is 1. The van der Waals surface area contributed by atoms with Crippen molar-refractivity contribution < 1.29 is 13.2 Å². The summed E-state index contributed by atoms with van der Waals surface area (Å²) < 4.78 is 26.2. The highest BCUT2D eigenvalue weighted by molar-refractivity contribution is 7.89. The van der Waals surface area contributed by atoms with Gasteiger partial charge in [0.15, 0.2) is 0 Å². The molecular formula is C15H19N3O3S2. The Labute approximate surface area is 140 Å². The average Bonchev–Trinajstić information content (AvgIpc) is 2.95. The van der Waals surface area contributed by atoms with E-state index < -0.39 is 10.0 Å². The maximum atomic E-state index is 12.4. The smallest absolute Gasteiger partial charge is 0.267 e. The molecule has 1 N–H and O–H groups in total. The van der Waals surface area contributed by atoms with E-state index in [-0.39, 0.29) is 10.8 Å². The monoisotopic (exact) mass is 353 g/mol. The van der Waals surface area contributed by atoms with Gasteiger partial charge in [-0.05, 0) is 31.2 Å². The van der Waals surface area contributed by atoms with E-state index in [2.05, 4.69) is 10.3 Å². The molecule has 0 bridgehead atoms. The van der Waals surface area contributed by atoms with E-state index >= 15 is 0 Å². The van der Waals surface area contributed by atoms with Crippen LogP contribution in [0.5, 0.6) is 0 Å². The van der Waals surface area contributed by atoms with E-state index in [1.54, 1.807) is 26.0 Å². The van der Waals surface area contributed by atoms with Crippen molar-refractivity contribution in [1.29, 1.82) is 0 Å². The Balaban J connectivity index is 2.15. The minimum absolute atomic E-state index is 0.216. The average molecular weight is 353 g/mol. The van der Waals surface area contributed by atoms with Gasteiger partial charge in [-0.3, -0.25) is 4.79 Å². The molecule has 0 unspecified atom stereocenters. The topological polar surface area (TPSA) is 79.4 Å². The van der Waals surface area contributed by atoms with Crippen molar-refractivity contribution in [2.45, 2.75) is 25.7 Å². The number of hydrogen-bond donors (Lipinski definition) is 1. The number of hydrogen-bond acceptors (Lipinski definition) is 5. The number of rotatable bonds is 6. The van der Waals surface area contributed by atoms with Gasteiger partial charge < -0.3 is 5.32 Å². The van der Waals surface area contributed by atoms with Crippen molar-refractivity contribution in [2.75, 3.05) is 18.4 Å². The largest absolute Gasteiger partial charge is 0.321 e. The molecule has 0 saturated heterocycles. The van der Waals surface area contributed by atoms with Gasteiger partial charge in [0.1, 0.15) is 4.88 Å². The minimum Gasteiger partial charge on any atom is -0.321 e. The zero-order valence-corrected chi connectivity index (χ0v) is 14.9. The van der Waals surface area contributed by atoms with E-state index in [1.165, 1.54) is 34.0 Å². The molecule has 0 atom stereocenters. The Hall–Kier alpha value is -1.77. The van der Waals surface area contributed by atoms with Gasteiger partial charge in [0.25, 0.3) is 5.91 Å². The normalized spacial score (nSPS) is 11.7. The Kier molecular flexibility index (Phi) is 5.51. The molecule has 1 aromatic carbocycles. The third-order valence-corrected chi connectivity index (χ3v) is 6.28. The van der Waals surface area contributed by atoms with E-state index in [1.807, 2.05) is 6.92 Å². The third-order valence-electron chi connectivity index (χ3n) is 3.30. The van der Waals surface area contributed by atoms with Gasteiger partial charge in [0.2, 0.25) is 10.0 Å². The first-order valence-corrected chi connectivity index (χ1v) is 9.48. The fourth-order valence-electron chi connectivity index (χ4n) is 2.08. The van der Waals surface area contributed by atoms with Crippen LogP contribution in [0, 0.1) is 6.92 Å². The fourth-order valence-corrected chi connectivity index (χ4v) is 4.21. The number of nitrogens with one attached hydrogen (secondary N) is 1. The van der Waals surface area contributed by atoms with Crippen LogP contribution in [0.2, 0.25) is 0 Å². The molecule has 0 aliphatic rings. The lowest BCUT2D eigenvalue weighted by molar-refractivity contribution is 0.103. The summed E-state index contributed by atoms with van der Waals surface area (Å²) in [5.41, 5.74) is 0.541. The molecule has 0 radical (unpaired) electrons. The van der Waals surface area contributed by atoms with E-state index in [0.717, 1.165) is 5.01 Å². The van der Waals surface area contributed by atoms with Crippen LogP contribution in [0.15, 0.2) is 35.4 Å². The Morgan fingerprint density at radius 3 is 2.30 bits per heavy atom. The molecule has 1 amide bonds. The molecule has 124 valence electrons. The molecule has 23 heavy (non-hydrogen) atoms. The van der Waals surface area contributed by atoms with Crippen molar-refractivity contribution in [3.05, 3.63) is 40.3 Å². The number of amides is 1. The summed E-state index contributed by atoms with van der Waals surface area (Å²) in [5, 5.41) is 3.55. The van der Waals surface area contributed by atoms with Crippen LogP contribution in [-0.2, 0) is 10.0 Å². The Morgan fingerprint density at radius 1 is 1.22 bits per heavy atom. The summed E-state index contributed by atoms with van der Waals surface area (Å²) in [6.07, 6.45) is 1.52. The summed E-state index contributed by atoms with van der Waals surface area (Å²) in [7, 11) is -3.48. The van der Waals surface area contributed by atoms with Crippen molar-refractivity contribution >= 4 is 33.0 Å². The molecule has 0 spiro atoms. The van der Waals surface area contributed by atoms with Crippen molar-refractivity contribution in [2.24, 2.45) is 0 Å². The quantitative estimate of drug-likeness (QED) is 0.866. The molecule has 2 aromatic rings. The molecule has 8 heteroatoms. The third kappa shape index (κ3) is 3.95. The maximum absolute atomic E-state index is 12.4. The Bertz CT molecular complexity index is 779. The first-order chi connectivity index (χ1) is 10.9. The molecule has 6 nitrogen and oxygen atoms in total. The second kappa shape index (κ2) is 7.20. The number of carbonyl (C=O) groups excluding carboxylic acids is 1. The number of benzene rings is 1. The highest BCUT2D eigenvalue weighted by Crippen LogP contribution is 2.19. The molecule has 0 saturated carbocycles. The molecule has 0 aliphatic heterocycles. The number of nitrogens with zero attached hydrogens (tertiary/aromatic N) is 2. The number of thiazole rings is 1. The van der Waals surface area contributed by atoms with Gasteiger partial charge >= 0.3 is 0 Å². The van der Waals surface area contributed by atoms with E-state index in [0.29, 0.717) is 23.7 Å². The molecule has 1 aromatic heterocycles.